The highest BCUT2D eigenvalue weighted by molar-refractivity contribution is 7.80. The number of hydrogen-bond acceptors (Lipinski definition) is 1. The summed E-state index contributed by atoms with van der Waals surface area (Å²) in [7, 11) is 0. The van der Waals surface area contributed by atoms with Crippen LogP contribution < -0.4 is 10.2 Å². The van der Waals surface area contributed by atoms with Crippen LogP contribution in [0.4, 0.5) is 0 Å². The van der Waals surface area contributed by atoms with Gasteiger partial charge in [0.15, 0.2) is 5.11 Å². The van der Waals surface area contributed by atoms with Gasteiger partial charge < -0.3 is 15.1 Å². The Hall–Kier alpha value is -1.91. The van der Waals surface area contributed by atoms with E-state index in [1.165, 1.54) is 24.0 Å². The van der Waals surface area contributed by atoms with Crippen molar-refractivity contribution >= 4 is 17.3 Å². The molecule has 1 aliphatic carbocycles. The third kappa shape index (κ3) is 4.02. The molecule has 2 N–H and O–H groups in total. The Morgan fingerprint density at radius 1 is 0.920 bits per heavy atom. The fourth-order valence-corrected chi connectivity index (χ4v) is 4.08. The van der Waals surface area contributed by atoms with Gasteiger partial charge >= 0.3 is 0 Å². The monoisotopic (exact) mass is 352 g/mol. The van der Waals surface area contributed by atoms with Crippen LogP contribution in [0.2, 0.25) is 0 Å². The molecular formula is C21H26N3S+. The summed E-state index contributed by atoms with van der Waals surface area (Å²) in [5, 5.41) is 4.44. The van der Waals surface area contributed by atoms with Crippen LogP contribution in [0.1, 0.15) is 30.0 Å². The third-order valence-electron chi connectivity index (χ3n) is 5.27. The van der Waals surface area contributed by atoms with Crippen molar-refractivity contribution in [2.45, 2.75) is 24.9 Å². The molecule has 0 radical (unpaired) electrons. The Morgan fingerprint density at radius 2 is 1.44 bits per heavy atom. The molecule has 1 heterocycles. The van der Waals surface area contributed by atoms with Crippen LogP contribution in [0.3, 0.4) is 0 Å². The van der Waals surface area contributed by atoms with E-state index in [4.69, 9.17) is 12.2 Å². The maximum absolute atomic E-state index is 5.59. The van der Waals surface area contributed by atoms with Crippen LogP contribution in [-0.2, 0) is 0 Å². The highest BCUT2D eigenvalue weighted by Crippen LogP contribution is 2.20. The normalized spacial score (nSPS) is 18.4. The first kappa shape index (κ1) is 16.6. The van der Waals surface area contributed by atoms with Crippen molar-refractivity contribution < 1.29 is 4.90 Å². The summed E-state index contributed by atoms with van der Waals surface area (Å²) < 4.78 is 0. The molecule has 130 valence electrons. The van der Waals surface area contributed by atoms with Crippen molar-refractivity contribution in [3.05, 3.63) is 71.8 Å². The molecule has 3 nitrogen and oxygen atoms in total. The molecule has 0 unspecified atom stereocenters. The third-order valence-corrected chi connectivity index (χ3v) is 5.65. The summed E-state index contributed by atoms with van der Waals surface area (Å²) in [6, 6.07) is 22.9. The number of quaternary nitrogens is 1. The highest BCUT2D eigenvalue weighted by Gasteiger charge is 2.31. The van der Waals surface area contributed by atoms with Gasteiger partial charge in [0.05, 0.1) is 26.2 Å². The van der Waals surface area contributed by atoms with Gasteiger partial charge in [-0.3, -0.25) is 0 Å². The lowest BCUT2D eigenvalue weighted by Gasteiger charge is -2.38. The maximum atomic E-state index is 5.59. The van der Waals surface area contributed by atoms with Gasteiger partial charge in [0.1, 0.15) is 6.04 Å². The van der Waals surface area contributed by atoms with Crippen LogP contribution in [0.25, 0.3) is 0 Å². The first-order valence-electron chi connectivity index (χ1n) is 9.31. The second kappa shape index (κ2) is 7.54. The number of hydrogen-bond donors (Lipinski definition) is 2. The molecule has 2 aromatic carbocycles. The summed E-state index contributed by atoms with van der Waals surface area (Å²) in [6.45, 7) is 4.29. The molecule has 2 aliphatic rings. The zero-order valence-electron chi connectivity index (χ0n) is 14.5. The van der Waals surface area contributed by atoms with Gasteiger partial charge in [-0.1, -0.05) is 60.7 Å². The van der Waals surface area contributed by atoms with Gasteiger partial charge in [-0.25, -0.2) is 0 Å². The predicted molar refractivity (Wildman–Crippen MR) is 106 cm³/mol. The van der Waals surface area contributed by atoms with E-state index in [9.17, 15) is 0 Å². The van der Waals surface area contributed by atoms with Crippen LogP contribution in [-0.4, -0.2) is 42.2 Å². The largest absolute Gasteiger partial charge is 0.360 e. The van der Waals surface area contributed by atoms with Gasteiger partial charge in [-0.2, -0.15) is 0 Å². The lowest BCUT2D eigenvalue weighted by atomic mass is 9.96. The van der Waals surface area contributed by atoms with E-state index in [1.807, 2.05) is 0 Å². The summed E-state index contributed by atoms with van der Waals surface area (Å²) >= 11 is 5.59. The fraction of sp³-hybridized carbons (Fsp3) is 0.381. The average molecular weight is 353 g/mol. The van der Waals surface area contributed by atoms with E-state index < -0.39 is 0 Å². The quantitative estimate of drug-likeness (QED) is 0.822. The summed E-state index contributed by atoms with van der Waals surface area (Å²) in [6.07, 6.45) is 2.55. The molecule has 4 rings (SSSR count). The Labute approximate surface area is 155 Å². The van der Waals surface area contributed by atoms with Gasteiger partial charge in [-0.05, 0) is 25.1 Å². The number of piperazine rings is 1. The van der Waals surface area contributed by atoms with Gasteiger partial charge in [0, 0.05) is 17.2 Å². The standard InChI is InChI=1S/C21H25N3S/c25-21(22-19-11-12-19)24-15-13-23(14-16-24)20(17-7-3-1-4-8-17)18-9-5-2-6-10-18/h1-10,19-20H,11-16H2,(H,22,25)/p+1. The zero-order chi connectivity index (χ0) is 17.1. The van der Waals surface area contributed by atoms with Gasteiger partial charge in [0.25, 0.3) is 0 Å². The topological polar surface area (TPSA) is 19.7 Å². The molecule has 0 atom stereocenters. The van der Waals surface area contributed by atoms with Crippen molar-refractivity contribution in [1.29, 1.82) is 0 Å². The Kier molecular flexibility index (Phi) is 4.99. The molecule has 2 aromatic rings. The molecular weight excluding hydrogens is 326 g/mol. The van der Waals surface area contributed by atoms with Crippen LogP contribution in [0.15, 0.2) is 60.7 Å². The molecule has 2 fully saturated rings. The van der Waals surface area contributed by atoms with Crippen LogP contribution in [0, 0.1) is 0 Å². The van der Waals surface area contributed by atoms with Crippen molar-refractivity contribution in [2.24, 2.45) is 0 Å². The highest BCUT2D eigenvalue weighted by atomic mass is 32.1. The number of nitrogens with one attached hydrogen (secondary N) is 2. The molecule has 0 spiro atoms. The van der Waals surface area contributed by atoms with Crippen molar-refractivity contribution in [3.63, 3.8) is 0 Å². The Balaban J connectivity index is 1.48. The predicted octanol–water partition coefficient (Wildman–Crippen LogP) is 2.01. The van der Waals surface area contributed by atoms with E-state index in [0.717, 1.165) is 31.3 Å². The van der Waals surface area contributed by atoms with E-state index >= 15 is 0 Å². The van der Waals surface area contributed by atoms with E-state index in [2.05, 4.69) is 70.9 Å². The van der Waals surface area contributed by atoms with Gasteiger partial charge in [0.2, 0.25) is 0 Å². The molecule has 0 bridgehead atoms. The second-order valence-corrected chi connectivity index (χ2v) is 7.51. The smallest absolute Gasteiger partial charge is 0.169 e. The Morgan fingerprint density at radius 3 is 1.92 bits per heavy atom. The van der Waals surface area contributed by atoms with E-state index in [-0.39, 0.29) is 0 Å². The average Bonchev–Trinajstić information content (AvgIpc) is 3.48. The summed E-state index contributed by atoms with van der Waals surface area (Å²) in [4.78, 5) is 3.98. The zero-order valence-corrected chi connectivity index (χ0v) is 15.3. The minimum Gasteiger partial charge on any atom is -0.360 e. The van der Waals surface area contributed by atoms with E-state index in [1.54, 1.807) is 4.90 Å². The fourth-order valence-electron chi connectivity index (χ4n) is 3.73. The molecule has 1 saturated heterocycles. The molecule has 1 saturated carbocycles. The number of rotatable bonds is 4. The molecule has 4 heteroatoms. The summed E-state index contributed by atoms with van der Waals surface area (Å²) in [5.74, 6) is 0. The lowest BCUT2D eigenvalue weighted by Crippen LogP contribution is -3.15. The number of benzene rings is 2. The molecule has 0 amide bonds. The first-order chi connectivity index (χ1) is 12.3. The van der Waals surface area contributed by atoms with Crippen LogP contribution in [0.5, 0.6) is 0 Å². The van der Waals surface area contributed by atoms with Crippen molar-refractivity contribution in [2.75, 3.05) is 26.2 Å². The van der Waals surface area contributed by atoms with Crippen molar-refractivity contribution in [1.82, 2.24) is 10.2 Å². The molecule has 25 heavy (non-hydrogen) atoms. The first-order valence-corrected chi connectivity index (χ1v) is 9.72. The maximum Gasteiger partial charge on any atom is 0.169 e. The van der Waals surface area contributed by atoms with Crippen molar-refractivity contribution in [3.8, 4) is 0 Å². The lowest BCUT2D eigenvalue weighted by molar-refractivity contribution is -0.929. The number of thiocarbonyl (C=S) groups is 1. The van der Waals surface area contributed by atoms with Gasteiger partial charge in [-0.15, -0.1) is 0 Å². The van der Waals surface area contributed by atoms with E-state index in [0.29, 0.717) is 12.1 Å². The minimum absolute atomic E-state index is 0.398. The minimum atomic E-state index is 0.398. The molecule has 1 aliphatic heterocycles. The van der Waals surface area contributed by atoms with Crippen LogP contribution >= 0.6 is 12.2 Å². The molecule has 0 aromatic heterocycles. The summed E-state index contributed by atoms with van der Waals surface area (Å²) in [5.41, 5.74) is 2.80. The Bertz CT molecular complexity index is 652. The SMILES string of the molecule is S=C(NC1CC1)N1CC[NH+](C(c2ccccc2)c2ccccc2)CC1. The number of nitrogens with zero attached hydrogens (tertiary/aromatic N) is 1. The second-order valence-electron chi connectivity index (χ2n) is 7.12.